The highest BCUT2D eigenvalue weighted by molar-refractivity contribution is 5.78. The number of aromatic nitrogens is 2. The average molecular weight is 331 g/mol. The van der Waals surface area contributed by atoms with Crippen LogP contribution in [0.25, 0.3) is 11.0 Å². The van der Waals surface area contributed by atoms with Crippen molar-refractivity contribution in [2.45, 2.75) is 39.2 Å². The summed E-state index contributed by atoms with van der Waals surface area (Å²) >= 11 is 0. The highest BCUT2D eigenvalue weighted by Gasteiger charge is 2.15. The van der Waals surface area contributed by atoms with Crippen LogP contribution in [0.2, 0.25) is 0 Å². The summed E-state index contributed by atoms with van der Waals surface area (Å²) in [6.45, 7) is 6.09. The first-order valence-corrected chi connectivity index (χ1v) is 8.53. The van der Waals surface area contributed by atoms with E-state index >= 15 is 0 Å². The van der Waals surface area contributed by atoms with Crippen LogP contribution in [0, 0.1) is 13.8 Å². The Hall–Kier alpha value is -1.92. The van der Waals surface area contributed by atoms with Crippen molar-refractivity contribution in [3.63, 3.8) is 0 Å². The molecule has 0 saturated carbocycles. The number of fused-ring (bicyclic) bond motifs is 1. The van der Waals surface area contributed by atoms with Crippen LogP contribution >= 0.6 is 0 Å². The third-order valence-electron chi connectivity index (χ3n) is 4.39. The summed E-state index contributed by atoms with van der Waals surface area (Å²) < 4.78 is 10.8. The second kappa shape index (κ2) is 7.77. The number of ether oxygens (including phenoxy) is 2. The van der Waals surface area contributed by atoms with Gasteiger partial charge in [0.2, 0.25) is 5.91 Å². The fraction of sp³-hybridized carbons (Fsp3) is 0.556. The van der Waals surface area contributed by atoms with E-state index in [1.54, 1.807) is 0 Å². The number of nitrogens with zero attached hydrogens (tertiary/aromatic N) is 1. The van der Waals surface area contributed by atoms with Gasteiger partial charge in [-0.25, -0.2) is 4.98 Å². The summed E-state index contributed by atoms with van der Waals surface area (Å²) in [5.41, 5.74) is 4.49. The monoisotopic (exact) mass is 331 g/mol. The number of rotatable bonds is 7. The lowest BCUT2D eigenvalue weighted by Crippen LogP contribution is -2.30. The Morgan fingerprint density at radius 2 is 2.25 bits per heavy atom. The van der Waals surface area contributed by atoms with Gasteiger partial charge in [-0.1, -0.05) is 0 Å². The van der Waals surface area contributed by atoms with Gasteiger partial charge in [-0.15, -0.1) is 0 Å². The van der Waals surface area contributed by atoms with Crippen molar-refractivity contribution < 1.29 is 14.3 Å². The van der Waals surface area contributed by atoms with Gasteiger partial charge in [0.1, 0.15) is 12.4 Å². The molecule has 1 saturated heterocycles. The van der Waals surface area contributed by atoms with Crippen LogP contribution < -0.4 is 5.32 Å². The third kappa shape index (κ3) is 4.33. The van der Waals surface area contributed by atoms with Gasteiger partial charge in [-0.05, 0) is 49.9 Å². The minimum absolute atomic E-state index is 0.0817. The lowest BCUT2D eigenvalue weighted by molar-refractivity contribution is -0.126. The average Bonchev–Trinajstić information content (AvgIpc) is 3.17. The fourth-order valence-electron chi connectivity index (χ4n) is 2.87. The number of aromatic amines is 1. The van der Waals surface area contributed by atoms with Crippen molar-refractivity contribution >= 4 is 16.9 Å². The number of carbonyl (C=O) groups excluding carboxylic acids is 1. The van der Waals surface area contributed by atoms with Crippen LogP contribution in [-0.4, -0.2) is 48.3 Å². The summed E-state index contributed by atoms with van der Waals surface area (Å²) in [4.78, 5) is 19.6. The second-order valence-electron chi connectivity index (χ2n) is 6.39. The van der Waals surface area contributed by atoms with Gasteiger partial charge < -0.3 is 19.8 Å². The molecular weight excluding hydrogens is 306 g/mol. The Labute approximate surface area is 141 Å². The predicted octanol–water partition coefficient (Wildman–Crippen LogP) is 2.03. The van der Waals surface area contributed by atoms with Crippen molar-refractivity contribution in [1.29, 1.82) is 0 Å². The summed E-state index contributed by atoms with van der Waals surface area (Å²) in [6.07, 6.45) is 2.92. The molecule has 6 heteroatoms. The second-order valence-corrected chi connectivity index (χ2v) is 6.39. The smallest absolute Gasteiger partial charge is 0.246 e. The quantitative estimate of drug-likeness (QED) is 0.814. The number of hydrogen-bond donors (Lipinski definition) is 2. The SMILES string of the molecule is Cc1cc2nc(CCNC(=O)COC[C@H]3CCCO3)[nH]c2cc1C. The van der Waals surface area contributed by atoms with Crippen LogP contribution in [-0.2, 0) is 20.7 Å². The molecule has 1 amide bonds. The Kier molecular flexibility index (Phi) is 5.48. The number of carbonyl (C=O) groups is 1. The molecule has 0 bridgehead atoms. The zero-order chi connectivity index (χ0) is 16.9. The number of aryl methyl sites for hydroxylation is 2. The zero-order valence-corrected chi connectivity index (χ0v) is 14.4. The van der Waals surface area contributed by atoms with E-state index in [-0.39, 0.29) is 18.6 Å². The molecule has 0 aliphatic carbocycles. The lowest BCUT2D eigenvalue weighted by Gasteiger charge is -2.10. The van der Waals surface area contributed by atoms with E-state index in [4.69, 9.17) is 9.47 Å². The number of amides is 1. The molecule has 24 heavy (non-hydrogen) atoms. The van der Waals surface area contributed by atoms with Crippen molar-refractivity contribution in [3.8, 4) is 0 Å². The highest BCUT2D eigenvalue weighted by atomic mass is 16.5. The van der Waals surface area contributed by atoms with Gasteiger partial charge in [-0.2, -0.15) is 0 Å². The van der Waals surface area contributed by atoms with Crippen LogP contribution in [0.4, 0.5) is 0 Å². The summed E-state index contributed by atoms with van der Waals surface area (Å²) in [6, 6.07) is 4.20. The topological polar surface area (TPSA) is 76.2 Å². The number of hydrogen-bond acceptors (Lipinski definition) is 4. The van der Waals surface area contributed by atoms with Gasteiger partial charge >= 0.3 is 0 Å². The maximum absolute atomic E-state index is 11.8. The van der Waals surface area contributed by atoms with E-state index in [1.807, 2.05) is 0 Å². The molecule has 1 aromatic carbocycles. The van der Waals surface area contributed by atoms with Gasteiger partial charge in [0.15, 0.2) is 0 Å². The van der Waals surface area contributed by atoms with Crippen LogP contribution in [0.1, 0.15) is 29.8 Å². The third-order valence-corrected chi connectivity index (χ3v) is 4.39. The Morgan fingerprint density at radius 3 is 3.04 bits per heavy atom. The molecule has 1 atom stereocenters. The molecule has 2 aromatic rings. The zero-order valence-electron chi connectivity index (χ0n) is 14.4. The number of imidazole rings is 1. The van der Waals surface area contributed by atoms with Gasteiger partial charge in [-0.3, -0.25) is 4.79 Å². The maximum Gasteiger partial charge on any atom is 0.246 e. The first-order valence-electron chi connectivity index (χ1n) is 8.53. The van der Waals surface area contributed by atoms with Gasteiger partial charge in [0.05, 0.1) is 23.7 Å². The van der Waals surface area contributed by atoms with E-state index in [1.165, 1.54) is 11.1 Å². The lowest BCUT2D eigenvalue weighted by atomic mass is 10.1. The molecule has 1 aromatic heterocycles. The Balaban J connectivity index is 1.40. The number of benzene rings is 1. The molecule has 0 radical (unpaired) electrons. The minimum atomic E-state index is -0.101. The molecule has 1 fully saturated rings. The standard InChI is InChI=1S/C18H25N3O3/c1-12-8-15-16(9-13(12)2)21-17(20-15)5-6-19-18(22)11-23-10-14-4-3-7-24-14/h8-9,14H,3-7,10-11H2,1-2H3,(H,19,22)(H,20,21)/t14-/m1/s1. The Bertz CT molecular complexity index is 666. The van der Waals surface area contributed by atoms with Gasteiger partial charge in [0.25, 0.3) is 0 Å². The number of H-pyrrole nitrogens is 1. The molecular formula is C18H25N3O3. The van der Waals surface area contributed by atoms with Crippen LogP contribution in [0.5, 0.6) is 0 Å². The molecule has 0 spiro atoms. The molecule has 0 unspecified atom stereocenters. The molecule has 130 valence electrons. The van der Waals surface area contributed by atoms with E-state index in [2.05, 4.69) is 41.3 Å². The molecule has 2 N–H and O–H groups in total. The Morgan fingerprint density at radius 1 is 1.42 bits per heavy atom. The van der Waals surface area contributed by atoms with E-state index in [0.717, 1.165) is 36.3 Å². The van der Waals surface area contributed by atoms with E-state index in [9.17, 15) is 4.79 Å². The first kappa shape index (κ1) is 16.9. The van der Waals surface area contributed by atoms with Crippen molar-refractivity contribution in [2.75, 3.05) is 26.4 Å². The minimum Gasteiger partial charge on any atom is -0.376 e. The van der Waals surface area contributed by atoms with Crippen LogP contribution in [0.3, 0.4) is 0 Å². The van der Waals surface area contributed by atoms with Crippen molar-refractivity contribution in [2.24, 2.45) is 0 Å². The number of nitrogens with one attached hydrogen (secondary N) is 2. The maximum atomic E-state index is 11.8. The predicted molar refractivity (Wildman–Crippen MR) is 92.1 cm³/mol. The van der Waals surface area contributed by atoms with Crippen molar-refractivity contribution in [3.05, 3.63) is 29.1 Å². The summed E-state index contributed by atoms with van der Waals surface area (Å²) in [5.74, 6) is 0.784. The highest BCUT2D eigenvalue weighted by Crippen LogP contribution is 2.17. The summed E-state index contributed by atoms with van der Waals surface area (Å²) in [5, 5.41) is 2.86. The van der Waals surface area contributed by atoms with E-state index in [0.29, 0.717) is 19.6 Å². The first-order chi connectivity index (χ1) is 11.6. The molecule has 6 nitrogen and oxygen atoms in total. The van der Waals surface area contributed by atoms with Gasteiger partial charge in [0, 0.05) is 19.6 Å². The molecule has 3 rings (SSSR count). The van der Waals surface area contributed by atoms with Crippen molar-refractivity contribution in [1.82, 2.24) is 15.3 Å². The molecule has 1 aliphatic rings. The largest absolute Gasteiger partial charge is 0.376 e. The summed E-state index contributed by atoms with van der Waals surface area (Å²) in [7, 11) is 0. The fourth-order valence-corrected chi connectivity index (χ4v) is 2.87. The van der Waals surface area contributed by atoms with E-state index < -0.39 is 0 Å². The molecule has 1 aliphatic heterocycles. The molecule has 2 heterocycles. The normalized spacial score (nSPS) is 17.5. The van der Waals surface area contributed by atoms with Crippen LogP contribution in [0.15, 0.2) is 12.1 Å².